The van der Waals surface area contributed by atoms with Gasteiger partial charge >= 0.3 is 0 Å². The van der Waals surface area contributed by atoms with Gasteiger partial charge in [0.15, 0.2) is 0 Å². The second kappa shape index (κ2) is 3.12. The highest BCUT2D eigenvalue weighted by molar-refractivity contribution is 6.18. The second-order valence-electron chi connectivity index (χ2n) is 6.04. The van der Waals surface area contributed by atoms with E-state index in [1.165, 1.54) is 38.5 Å². The van der Waals surface area contributed by atoms with E-state index in [9.17, 15) is 0 Å². The van der Waals surface area contributed by atoms with Crippen LogP contribution in [0.25, 0.3) is 0 Å². The van der Waals surface area contributed by atoms with Gasteiger partial charge in [0.1, 0.15) is 0 Å². The molecular weight excluding hydrogens is 194 g/mol. The van der Waals surface area contributed by atoms with E-state index in [2.05, 4.69) is 0 Å². The second-order valence-corrected chi connectivity index (χ2v) is 6.35. The van der Waals surface area contributed by atoms with E-state index >= 15 is 0 Å². The molecule has 4 aliphatic rings. The summed E-state index contributed by atoms with van der Waals surface area (Å²) in [6.45, 7) is 0. The molecule has 0 amide bonds. The van der Waals surface area contributed by atoms with Crippen molar-refractivity contribution in [3.63, 3.8) is 0 Å². The molecule has 1 nitrogen and oxygen atoms in total. The summed E-state index contributed by atoms with van der Waals surface area (Å²) in [6, 6.07) is 0.262. The van der Waals surface area contributed by atoms with Gasteiger partial charge in [-0.2, -0.15) is 0 Å². The lowest BCUT2D eigenvalue weighted by atomic mass is 9.48. The highest BCUT2D eigenvalue weighted by Crippen LogP contribution is 2.60. The third kappa shape index (κ3) is 1.25. The molecule has 4 saturated carbocycles. The number of alkyl halides is 1. The zero-order chi connectivity index (χ0) is 9.76. The number of hydrogen-bond donors (Lipinski definition) is 1. The molecule has 4 fully saturated rings. The fraction of sp³-hybridized carbons (Fsp3) is 1.00. The zero-order valence-corrected chi connectivity index (χ0v) is 9.47. The molecule has 14 heavy (non-hydrogen) atoms. The number of halogens is 1. The minimum Gasteiger partial charge on any atom is -0.326 e. The number of hydrogen-bond acceptors (Lipinski definition) is 1. The fourth-order valence-electron chi connectivity index (χ4n) is 4.80. The lowest BCUT2D eigenvalue weighted by molar-refractivity contribution is -0.0631. The first-order valence-electron chi connectivity index (χ1n) is 6.03. The highest BCUT2D eigenvalue weighted by atomic mass is 35.5. The van der Waals surface area contributed by atoms with Crippen molar-refractivity contribution in [3.05, 3.63) is 0 Å². The van der Waals surface area contributed by atoms with Gasteiger partial charge in [0.2, 0.25) is 0 Å². The summed E-state index contributed by atoms with van der Waals surface area (Å²) in [6.07, 6.45) is 8.63. The molecule has 0 saturated heterocycles. The first-order chi connectivity index (χ1) is 6.72. The van der Waals surface area contributed by atoms with E-state index in [1.54, 1.807) is 0 Å². The maximum Gasteiger partial charge on any atom is 0.0380 e. The Balaban J connectivity index is 1.87. The molecule has 0 spiro atoms. The highest BCUT2D eigenvalue weighted by Gasteiger charge is 2.52. The summed E-state index contributed by atoms with van der Waals surface area (Å²) in [4.78, 5) is 0. The van der Waals surface area contributed by atoms with Gasteiger partial charge in [-0.15, -0.1) is 11.6 Å². The van der Waals surface area contributed by atoms with Crippen LogP contribution in [0.4, 0.5) is 0 Å². The summed E-state index contributed by atoms with van der Waals surface area (Å²) in [5.41, 5.74) is 6.70. The summed E-state index contributed by atoms with van der Waals surface area (Å²) >= 11 is 5.96. The smallest absolute Gasteiger partial charge is 0.0380 e. The standard InChI is InChI=1S/C12H20ClN/c13-7-11(14)12-4-8-1-9(5-12)3-10(2-8)6-12/h8-11H,1-7,14H2. The van der Waals surface area contributed by atoms with Crippen molar-refractivity contribution >= 4 is 11.6 Å². The van der Waals surface area contributed by atoms with Crippen molar-refractivity contribution in [2.24, 2.45) is 28.9 Å². The predicted molar refractivity (Wildman–Crippen MR) is 59.3 cm³/mol. The van der Waals surface area contributed by atoms with Gasteiger partial charge < -0.3 is 5.73 Å². The Morgan fingerprint density at radius 3 is 1.86 bits per heavy atom. The Hall–Kier alpha value is 0.250. The van der Waals surface area contributed by atoms with E-state index < -0.39 is 0 Å². The lowest BCUT2D eigenvalue weighted by Gasteiger charge is -2.58. The first kappa shape index (κ1) is 9.47. The molecule has 0 aromatic rings. The Kier molecular flexibility index (Phi) is 2.11. The van der Waals surface area contributed by atoms with E-state index in [1.807, 2.05) is 0 Å². The Morgan fingerprint density at radius 2 is 1.50 bits per heavy atom. The normalized spacial score (nSPS) is 52.3. The van der Waals surface area contributed by atoms with Gasteiger partial charge in [0.25, 0.3) is 0 Å². The van der Waals surface area contributed by atoms with Crippen LogP contribution in [0, 0.1) is 23.2 Å². The van der Waals surface area contributed by atoms with Crippen LogP contribution in [0.3, 0.4) is 0 Å². The van der Waals surface area contributed by atoms with Crippen molar-refractivity contribution in [1.82, 2.24) is 0 Å². The van der Waals surface area contributed by atoms with Crippen LogP contribution in [0.5, 0.6) is 0 Å². The Labute approximate surface area is 91.4 Å². The molecule has 0 aromatic heterocycles. The maximum absolute atomic E-state index is 6.24. The van der Waals surface area contributed by atoms with Crippen LogP contribution >= 0.6 is 11.6 Å². The van der Waals surface area contributed by atoms with Gasteiger partial charge in [-0.25, -0.2) is 0 Å². The van der Waals surface area contributed by atoms with Gasteiger partial charge in [0.05, 0.1) is 0 Å². The first-order valence-corrected chi connectivity index (χ1v) is 6.57. The minimum atomic E-state index is 0.262. The van der Waals surface area contributed by atoms with Crippen molar-refractivity contribution < 1.29 is 0 Å². The largest absolute Gasteiger partial charge is 0.326 e. The van der Waals surface area contributed by atoms with Crippen molar-refractivity contribution in [2.45, 2.75) is 44.6 Å². The SMILES string of the molecule is NC(CCl)C12CC3CC(CC(C3)C1)C2. The van der Waals surface area contributed by atoms with Crippen molar-refractivity contribution in [3.8, 4) is 0 Å². The molecule has 4 aliphatic carbocycles. The third-order valence-electron chi connectivity index (χ3n) is 5.04. The Bertz CT molecular complexity index is 203. The summed E-state index contributed by atoms with van der Waals surface area (Å²) < 4.78 is 0. The summed E-state index contributed by atoms with van der Waals surface area (Å²) in [5, 5.41) is 0. The molecule has 0 heterocycles. The molecule has 1 atom stereocenters. The predicted octanol–water partition coefficient (Wildman–Crippen LogP) is 2.77. The molecule has 0 aliphatic heterocycles. The molecule has 0 aromatic carbocycles. The van der Waals surface area contributed by atoms with E-state index in [4.69, 9.17) is 17.3 Å². The molecule has 4 rings (SSSR count). The van der Waals surface area contributed by atoms with Gasteiger partial charge in [0, 0.05) is 11.9 Å². The molecule has 1 unspecified atom stereocenters. The van der Waals surface area contributed by atoms with Gasteiger partial charge in [-0.1, -0.05) is 0 Å². The van der Waals surface area contributed by atoms with Gasteiger partial charge in [-0.05, 0) is 61.7 Å². The van der Waals surface area contributed by atoms with Crippen LogP contribution in [-0.2, 0) is 0 Å². The minimum absolute atomic E-state index is 0.262. The van der Waals surface area contributed by atoms with Crippen LogP contribution in [0.15, 0.2) is 0 Å². The summed E-state index contributed by atoms with van der Waals surface area (Å²) in [5.74, 6) is 3.65. The van der Waals surface area contributed by atoms with Crippen LogP contribution in [0.2, 0.25) is 0 Å². The van der Waals surface area contributed by atoms with Gasteiger partial charge in [-0.3, -0.25) is 0 Å². The number of rotatable bonds is 2. The monoisotopic (exact) mass is 213 g/mol. The molecule has 4 bridgehead atoms. The fourth-order valence-corrected chi connectivity index (χ4v) is 5.12. The molecule has 0 radical (unpaired) electrons. The van der Waals surface area contributed by atoms with Crippen LogP contribution in [0.1, 0.15) is 38.5 Å². The third-order valence-corrected chi connectivity index (χ3v) is 5.37. The molecule has 80 valence electrons. The quantitative estimate of drug-likeness (QED) is 0.702. The Morgan fingerprint density at radius 1 is 1.07 bits per heavy atom. The summed E-state index contributed by atoms with van der Waals surface area (Å²) in [7, 11) is 0. The van der Waals surface area contributed by atoms with Crippen molar-refractivity contribution in [1.29, 1.82) is 0 Å². The van der Waals surface area contributed by atoms with E-state index in [-0.39, 0.29) is 6.04 Å². The average molecular weight is 214 g/mol. The zero-order valence-electron chi connectivity index (χ0n) is 8.71. The topological polar surface area (TPSA) is 26.0 Å². The number of nitrogens with two attached hydrogens (primary N) is 1. The molecule has 2 heteroatoms. The van der Waals surface area contributed by atoms with E-state index in [0.29, 0.717) is 11.3 Å². The van der Waals surface area contributed by atoms with Crippen LogP contribution < -0.4 is 5.73 Å². The molecular formula is C12H20ClN. The lowest BCUT2D eigenvalue weighted by Crippen LogP contribution is -2.55. The van der Waals surface area contributed by atoms with Crippen molar-refractivity contribution in [2.75, 3.05) is 5.88 Å². The maximum atomic E-state index is 6.24. The van der Waals surface area contributed by atoms with E-state index in [0.717, 1.165) is 17.8 Å². The van der Waals surface area contributed by atoms with Crippen LogP contribution in [-0.4, -0.2) is 11.9 Å². The average Bonchev–Trinajstić information content (AvgIpc) is 2.14. The molecule has 2 N–H and O–H groups in total.